The zero-order valence-electron chi connectivity index (χ0n) is 36.6. The lowest BCUT2D eigenvalue weighted by molar-refractivity contribution is 0.953. The van der Waals surface area contributed by atoms with E-state index in [-0.39, 0.29) is 0 Å². The van der Waals surface area contributed by atoms with Gasteiger partial charge in [0.05, 0.1) is 33.5 Å². The van der Waals surface area contributed by atoms with Crippen LogP contribution in [0.25, 0.3) is 123 Å². The Hall–Kier alpha value is -9.33. The van der Waals surface area contributed by atoms with Crippen molar-refractivity contribution >= 4 is 43.6 Å². The molecule has 4 heterocycles. The van der Waals surface area contributed by atoms with Gasteiger partial charge in [0.1, 0.15) is 0 Å². The predicted octanol–water partition coefficient (Wildman–Crippen LogP) is 14.9. The van der Waals surface area contributed by atoms with Gasteiger partial charge in [0.15, 0.2) is 17.5 Å². The second kappa shape index (κ2) is 16.3. The van der Waals surface area contributed by atoms with Gasteiger partial charge >= 0.3 is 0 Å². The molecule has 13 rings (SSSR count). The van der Waals surface area contributed by atoms with Crippen LogP contribution in [0.1, 0.15) is 0 Å². The molecule has 68 heavy (non-hydrogen) atoms. The molecule has 0 N–H and O–H groups in total. The Labute approximate surface area is 392 Å². The van der Waals surface area contributed by atoms with Gasteiger partial charge < -0.3 is 4.57 Å². The first kappa shape index (κ1) is 39.1. The minimum Gasteiger partial charge on any atom is -0.307 e. The minimum absolute atomic E-state index is 0.526. The van der Waals surface area contributed by atoms with Gasteiger partial charge in [-0.3, -0.25) is 4.57 Å². The average molecular weight is 870 g/mol. The van der Waals surface area contributed by atoms with Gasteiger partial charge in [0, 0.05) is 55.0 Å². The standard InChI is InChI=1S/C61H39N7/c1-5-18-40(19-6-1)46-26-17-27-47(38-46)67-54-30-15-13-28-48(54)50-36-37-51-49-29-14-16-31-55(49)68(57(51)56(50)67)61-65-59(43-24-11-4-12-25-43)64-60(66-61)45-34-32-44(33-35-45)58-62-52(41-20-7-2-8-21-41)39-53(63-58)42-22-9-3-10-23-42/h1-39H. The first-order valence-corrected chi connectivity index (χ1v) is 22.8. The van der Waals surface area contributed by atoms with Crippen LogP contribution in [-0.2, 0) is 0 Å². The molecule has 0 spiro atoms. The third kappa shape index (κ3) is 6.72. The fourth-order valence-electron chi connectivity index (χ4n) is 9.60. The maximum atomic E-state index is 5.40. The fraction of sp³-hybridized carbons (Fsp3) is 0. The highest BCUT2D eigenvalue weighted by Crippen LogP contribution is 2.42. The monoisotopic (exact) mass is 869 g/mol. The van der Waals surface area contributed by atoms with Crippen molar-refractivity contribution < 1.29 is 0 Å². The Morgan fingerprint density at radius 1 is 0.250 bits per heavy atom. The molecule has 7 nitrogen and oxygen atoms in total. The predicted molar refractivity (Wildman–Crippen MR) is 277 cm³/mol. The molecule has 0 saturated heterocycles. The molecule has 0 aliphatic heterocycles. The average Bonchev–Trinajstić information content (AvgIpc) is 3.95. The van der Waals surface area contributed by atoms with Crippen molar-refractivity contribution in [3.05, 3.63) is 237 Å². The highest BCUT2D eigenvalue weighted by atomic mass is 15.2. The molecule has 0 aliphatic carbocycles. The quantitative estimate of drug-likeness (QED) is 0.152. The maximum Gasteiger partial charge on any atom is 0.238 e. The molecule has 0 bridgehead atoms. The number of aromatic nitrogens is 7. The van der Waals surface area contributed by atoms with Crippen LogP contribution in [0.5, 0.6) is 0 Å². The number of rotatable bonds is 8. The lowest BCUT2D eigenvalue weighted by Crippen LogP contribution is -2.07. The number of nitrogens with zero attached hydrogens (tertiary/aromatic N) is 7. The van der Waals surface area contributed by atoms with Crippen LogP contribution in [0.4, 0.5) is 0 Å². The molecular weight excluding hydrogens is 831 g/mol. The van der Waals surface area contributed by atoms with Crippen molar-refractivity contribution in [2.75, 3.05) is 0 Å². The van der Waals surface area contributed by atoms with E-state index in [4.69, 9.17) is 24.9 Å². The molecule has 13 aromatic rings. The Morgan fingerprint density at radius 3 is 1.21 bits per heavy atom. The number of hydrogen-bond donors (Lipinski definition) is 0. The van der Waals surface area contributed by atoms with Crippen LogP contribution in [0.15, 0.2) is 237 Å². The lowest BCUT2D eigenvalue weighted by Gasteiger charge is -2.14. The molecule has 0 aliphatic rings. The highest BCUT2D eigenvalue weighted by molar-refractivity contribution is 6.23. The minimum atomic E-state index is 0.526. The summed E-state index contributed by atoms with van der Waals surface area (Å²) in [6.07, 6.45) is 0. The summed E-state index contributed by atoms with van der Waals surface area (Å²) >= 11 is 0. The van der Waals surface area contributed by atoms with E-state index in [9.17, 15) is 0 Å². The van der Waals surface area contributed by atoms with Crippen LogP contribution < -0.4 is 0 Å². The van der Waals surface area contributed by atoms with E-state index in [1.54, 1.807) is 0 Å². The second-order valence-corrected chi connectivity index (χ2v) is 16.9. The number of hydrogen-bond acceptors (Lipinski definition) is 5. The highest BCUT2D eigenvalue weighted by Gasteiger charge is 2.24. The molecule has 4 aromatic heterocycles. The first-order chi connectivity index (χ1) is 33.7. The fourth-order valence-corrected chi connectivity index (χ4v) is 9.60. The van der Waals surface area contributed by atoms with Gasteiger partial charge in [-0.1, -0.05) is 206 Å². The zero-order valence-corrected chi connectivity index (χ0v) is 36.6. The summed E-state index contributed by atoms with van der Waals surface area (Å²) < 4.78 is 4.65. The molecular formula is C61H39N7. The summed E-state index contributed by atoms with van der Waals surface area (Å²) in [6.45, 7) is 0. The topological polar surface area (TPSA) is 74.3 Å². The van der Waals surface area contributed by atoms with Crippen LogP contribution in [0, 0.1) is 0 Å². The van der Waals surface area contributed by atoms with Gasteiger partial charge in [-0.25, -0.2) is 15.0 Å². The van der Waals surface area contributed by atoms with E-state index in [1.807, 2.05) is 54.6 Å². The van der Waals surface area contributed by atoms with Gasteiger partial charge in [-0.2, -0.15) is 9.97 Å². The Kier molecular flexibility index (Phi) is 9.35. The Balaban J connectivity index is 1.03. The third-order valence-corrected chi connectivity index (χ3v) is 12.8. The summed E-state index contributed by atoms with van der Waals surface area (Å²) in [4.78, 5) is 26.1. The van der Waals surface area contributed by atoms with Crippen molar-refractivity contribution in [3.8, 4) is 79.4 Å². The summed E-state index contributed by atoms with van der Waals surface area (Å²) in [6, 6.07) is 82.1. The Bertz CT molecular complexity index is 3940. The normalized spacial score (nSPS) is 11.5. The smallest absolute Gasteiger partial charge is 0.238 e. The van der Waals surface area contributed by atoms with Gasteiger partial charge in [-0.05, 0) is 41.5 Å². The van der Waals surface area contributed by atoms with Crippen molar-refractivity contribution in [3.63, 3.8) is 0 Å². The SMILES string of the molecule is c1ccc(-c2cccc(-n3c4ccccc4c4ccc5c6ccccc6n(-c6nc(-c7ccccc7)nc(-c7ccc(-c8nc(-c9ccccc9)cc(-c9ccccc9)n8)cc7)n6)c5c43)c2)cc1. The summed E-state index contributed by atoms with van der Waals surface area (Å²) in [7, 11) is 0. The molecule has 0 unspecified atom stereocenters. The lowest BCUT2D eigenvalue weighted by atomic mass is 10.1. The number of benzene rings is 9. The van der Waals surface area contributed by atoms with Crippen molar-refractivity contribution in [1.82, 2.24) is 34.1 Å². The zero-order chi connectivity index (χ0) is 45.0. The summed E-state index contributed by atoms with van der Waals surface area (Å²) in [5.74, 6) is 2.30. The van der Waals surface area contributed by atoms with E-state index >= 15 is 0 Å². The van der Waals surface area contributed by atoms with Gasteiger partial charge in [0.2, 0.25) is 5.95 Å². The molecule has 0 radical (unpaired) electrons. The second-order valence-electron chi connectivity index (χ2n) is 16.9. The molecule has 7 heteroatoms. The molecule has 9 aromatic carbocycles. The van der Waals surface area contributed by atoms with Crippen LogP contribution in [0.3, 0.4) is 0 Å². The van der Waals surface area contributed by atoms with E-state index in [0.29, 0.717) is 23.4 Å². The largest absolute Gasteiger partial charge is 0.307 e. The van der Waals surface area contributed by atoms with E-state index < -0.39 is 0 Å². The molecule has 0 atom stereocenters. The van der Waals surface area contributed by atoms with Crippen LogP contribution in [0.2, 0.25) is 0 Å². The van der Waals surface area contributed by atoms with Crippen molar-refractivity contribution in [1.29, 1.82) is 0 Å². The van der Waals surface area contributed by atoms with Crippen LogP contribution in [-0.4, -0.2) is 34.1 Å². The van der Waals surface area contributed by atoms with Gasteiger partial charge in [0.25, 0.3) is 0 Å². The van der Waals surface area contributed by atoms with Gasteiger partial charge in [-0.15, -0.1) is 0 Å². The van der Waals surface area contributed by atoms with Crippen molar-refractivity contribution in [2.45, 2.75) is 0 Å². The van der Waals surface area contributed by atoms with E-state index in [0.717, 1.165) is 88.7 Å². The summed E-state index contributed by atoms with van der Waals surface area (Å²) in [5.41, 5.74) is 14.0. The van der Waals surface area contributed by atoms with Crippen molar-refractivity contribution in [2.24, 2.45) is 0 Å². The molecule has 0 saturated carbocycles. The molecule has 0 fully saturated rings. The molecule has 318 valence electrons. The van der Waals surface area contributed by atoms with Crippen LogP contribution >= 0.6 is 0 Å². The van der Waals surface area contributed by atoms with E-state index in [1.165, 1.54) is 10.9 Å². The van der Waals surface area contributed by atoms with E-state index in [2.05, 4.69) is 191 Å². The number of fused-ring (bicyclic) bond motifs is 7. The molecule has 0 amide bonds. The third-order valence-electron chi connectivity index (χ3n) is 12.8. The number of para-hydroxylation sites is 2. The first-order valence-electron chi connectivity index (χ1n) is 22.8. The Morgan fingerprint density at radius 2 is 0.662 bits per heavy atom. The maximum absolute atomic E-state index is 5.40. The summed E-state index contributed by atoms with van der Waals surface area (Å²) in [5, 5.41) is 4.53.